The molecule has 0 aliphatic heterocycles. The first-order valence-electron chi connectivity index (χ1n) is 5.89. The first kappa shape index (κ1) is 11.7. The minimum Gasteiger partial charge on any atom is -0.495 e. The Kier molecular flexibility index (Phi) is 2.89. The van der Waals surface area contributed by atoms with Crippen molar-refractivity contribution in [1.29, 1.82) is 0 Å². The molecule has 3 heterocycles. The third-order valence-corrected chi connectivity index (χ3v) is 3.04. The van der Waals surface area contributed by atoms with Gasteiger partial charge >= 0.3 is 0 Å². The number of ether oxygens (including phenoxy) is 1. The topological polar surface area (TPSA) is 59.7 Å². The van der Waals surface area contributed by atoms with Crippen LogP contribution in [0.5, 0.6) is 5.75 Å². The molecule has 3 aromatic rings. The summed E-state index contributed by atoms with van der Waals surface area (Å²) in [5.74, 6) is 0.619. The van der Waals surface area contributed by atoms with Crippen LogP contribution in [0.15, 0.2) is 49.1 Å². The van der Waals surface area contributed by atoms with Crippen LogP contribution in [-0.4, -0.2) is 26.8 Å². The predicted octanol–water partition coefficient (Wildman–Crippen LogP) is 1.82. The van der Waals surface area contributed by atoms with E-state index in [0.717, 1.165) is 11.1 Å². The maximum atomic E-state index is 10.4. The molecule has 0 fully saturated rings. The van der Waals surface area contributed by atoms with Crippen LogP contribution in [0.25, 0.3) is 5.52 Å². The number of aromatic nitrogens is 3. The molecule has 5 nitrogen and oxygen atoms in total. The molecule has 0 bridgehead atoms. The SMILES string of the molecule is COc1cncc(C(O)c2cnn3ccccc23)c1. The molecule has 0 saturated heterocycles. The maximum absolute atomic E-state index is 10.4. The van der Waals surface area contributed by atoms with Gasteiger partial charge in [0.2, 0.25) is 0 Å². The monoisotopic (exact) mass is 255 g/mol. The van der Waals surface area contributed by atoms with Crippen molar-refractivity contribution in [2.75, 3.05) is 7.11 Å². The van der Waals surface area contributed by atoms with E-state index in [2.05, 4.69) is 10.1 Å². The highest BCUT2D eigenvalue weighted by molar-refractivity contribution is 5.56. The second-order valence-corrected chi connectivity index (χ2v) is 4.19. The van der Waals surface area contributed by atoms with Gasteiger partial charge < -0.3 is 9.84 Å². The molecule has 0 aliphatic rings. The Hall–Kier alpha value is -2.40. The molecule has 1 atom stereocenters. The van der Waals surface area contributed by atoms with Gasteiger partial charge in [0.25, 0.3) is 0 Å². The summed E-state index contributed by atoms with van der Waals surface area (Å²) < 4.78 is 6.84. The fraction of sp³-hybridized carbons (Fsp3) is 0.143. The third-order valence-electron chi connectivity index (χ3n) is 3.04. The van der Waals surface area contributed by atoms with Crippen molar-refractivity contribution in [3.63, 3.8) is 0 Å². The average molecular weight is 255 g/mol. The Morgan fingerprint density at radius 2 is 2.16 bits per heavy atom. The summed E-state index contributed by atoms with van der Waals surface area (Å²) in [6.45, 7) is 0. The number of rotatable bonds is 3. The molecule has 1 unspecified atom stereocenters. The van der Waals surface area contributed by atoms with Crippen molar-refractivity contribution in [3.05, 3.63) is 60.2 Å². The zero-order chi connectivity index (χ0) is 13.2. The normalized spacial score (nSPS) is 12.5. The van der Waals surface area contributed by atoms with Crippen molar-refractivity contribution < 1.29 is 9.84 Å². The molecule has 0 radical (unpaired) electrons. The second kappa shape index (κ2) is 4.70. The highest BCUT2D eigenvalue weighted by atomic mass is 16.5. The Morgan fingerprint density at radius 1 is 1.26 bits per heavy atom. The number of aliphatic hydroxyl groups is 1. The van der Waals surface area contributed by atoms with Crippen LogP contribution in [-0.2, 0) is 0 Å². The standard InChI is InChI=1S/C14H13N3O2/c1-19-11-6-10(7-15-8-11)14(18)12-9-16-17-5-3-2-4-13(12)17/h2-9,14,18H,1H3. The highest BCUT2D eigenvalue weighted by Gasteiger charge is 2.16. The summed E-state index contributed by atoms with van der Waals surface area (Å²) in [7, 11) is 1.57. The van der Waals surface area contributed by atoms with E-state index in [1.165, 1.54) is 0 Å². The summed E-state index contributed by atoms with van der Waals surface area (Å²) in [5.41, 5.74) is 2.30. The van der Waals surface area contributed by atoms with Gasteiger partial charge in [-0.05, 0) is 18.2 Å². The molecule has 5 heteroatoms. The van der Waals surface area contributed by atoms with E-state index in [-0.39, 0.29) is 0 Å². The molecule has 96 valence electrons. The van der Waals surface area contributed by atoms with E-state index in [1.807, 2.05) is 24.4 Å². The number of methoxy groups -OCH3 is 1. The smallest absolute Gasteiger partial charge is 0.137 e. The van der Waals surface area contributed by atoms with Crippen molar-refractivity contribution in [1.82, 2.24) is 14.6 Å². The highest BCUT2D eigenvalue weighted by Crippen LogP contribution is 2.26. The molecule has 0 amide bonds. The van der Waals surface area contributed by atoms with Crippen molar-refractivity contribution in [2.24, 2.45) is 0 Å². The van der Waals surface area contributed by atoms with Gasteiger partial charge in [-0.25, -0.2) is 4.52 Å². The van der Waals surface area contributed by atoms with Crippen LogP contribution < -0.4 is 4.74 Å². The average Bonchev–Trinajstić information content (AvgIpc) is 2.90. The van der Waals surface area contributed by atoms with E-state index in [1.54, 1.807) is 36.3 Å². The van der Waals surface area contributed by atoms with Crippen LogP contribution in [0.4, 0.5) is 0 Å². The summed E-state index contributed by atoms with van der Waals surface area (Å²) in [4.78, 5) is 4.05. The molecule has 3 rings (SSSR count). The Labute approximate surface area is 110 Å². The molecular formula is C14H13N3O2. The van der Waals surface area contributed by atoms with Gasteiger partial charge in [-0.15, -0.1) is 0 Å². The van der Waals surface area contributed by atoms with E-state index in [0.29, 0.717) is 11.3 Å². The van der Waals surface area contributed by atoms with E-state index in [4.69, 9.17) is 4.74 Å². The minimum absolute atomic E-state index is 0.619. The first-order valence-corrected chi connectivity index (χ1v) is 5.89. The largest absolute Gasteiger partial charge is 0.495 e. The first-order chi connectivity index (χ1) is 9.29. The van der Waals surface area contributed by atoms with Crippen LogP contribution >= 0.6 is 0 Å². The molecule has 0 aliphatic carbocycles. The maximum Gasteiger partial charge on any atom is 0.137 e. The van der Waals surface area contributed by atoms with Crippen molar-refractivity contribution in [3.8, 4) is 5.75 Å². The quantitative estimate of drug-likeness (QED) is 0.775. The van der Waals surface area contributed by atoms with E-state index >= 15 is 0 Å². The second-order valence-electron chi connectivity index (χ2n) is 4.19. The van der Waals surface area contributed by atoms with Crippen LogP contribution in [0.1, 0.15) is 17.2 Å². The number of hydrogen-bond acceptors (Lipinski definition) is 4. The third kappa shape index (κ3) is 2.04. The Balaban J connectivity index is 2.05. The molecule has 1 N–H and O–H groups in total. The lowest BCUT2D eigenvalue weighted by Crippen LogP contribution is -2.00. The van der Waals surface area contributed by atoms with Gasteiger partial charge in [-0.1, -0.05) is 6.07 Å². The number of nitrogens with zero attached hydrogens (tertiary/aromatic N) is 3. The van der Waals surface area contributed by atoms with Crippen molar-refractivity contribution in [2.45, 2.75) is 6.10 Å². The Morgan fingerprint density at radius 3 is 3.00 bits per heavy atom. The van der Waals surface area contributed by atoms with Gasteiger partial charge in [0, 0.05) is 23.5 Å². The molecule has 3 aromatic heterocycles. The van der Waals surface area contributed by atoms with Gasteiger partial charge in [-0.3, -0.25) is 4.98 Å². The number of aliphatic hydroxyl groups excluding tert-OH is 1. The minimum atomic E-state index is -0.775. The number of pyridine rings is 2. The lowest BCUT2D eigenvalue weighted by molar-refractivity contribution is 0.220. The fourth-order valence-electron chi connectivity index (χ4n) is 2.04. The van der Waals surface area contributed by atoms with Crippen molar-refractivity contribution >= 4 is 5.52 Å². The summed E-state index contributed by atoms with van der Waals surface area (Å²) >= 11 is 0. The fourth-order valence-corrected chi connectivity index (χ4v) is 2.04. The zero-order valence-corrected chi connectivity index (χ0v) is 10.4. The Bertz CT molecular complexity index is 708. The molecule has 19 heavy (non-hydrogen) atoms. The lowest BCUT2D eigenvalue weighted by Gasteiger charge is -2.10. The van der Waals surface area contributed by atoms with Crippen LogP contribution in [0, 0.1) is 0 Å². The predicted molar refractivity (Wildman–Crippen MR) is 70.0 cm³/mol. The van der Waals surface area contributed by atoms with Gasteiger partial charge in [0.05, 0.1) is 25.0 Å². The summed E-state index contributed by atoms with van der Waals surface area (Å²) in [5, 5.41) is 14.7. The molecular weight excluding hydrogens is 242 g/mol. The van der Waals surface area contributed by atoms with Gasteiger partial charge in [0.1, 0.15) is 11.9 Å². The van der Waals surface area contributed by atoms with Crippen LogP contribution in [0.2, 0.25) is 0 Å². The van der Waals surface area contributed by atoms with Gasteiger partial charge in [0.15, 0.2) is 0 Å². The number of fused-ring (bicyclic) bond motifs is 1. The number of hydrogen-bond donors (Lipinski definition) is 1. The van der Waals surface area contributed by atoms with E-state index < -0.39 is 6.10 Å². The molecule has 0 spiro atoms. The lowest BCUT2D eigenvalue weighted by atomic mass is 10.0. The molecule has 0 saturated carbocycles. The summed E-state index contributed by atoms with van der Waals surface area (Å²) in [6, 6.07) is 7.49. The van der Waals surface area contributed by atoms with Crippen LogP contribution in [0.3, 0.4) is 0 Å². The molecule has 0 aromatic carbocycles. The van der Waals surface area contributed by atoms with Gasteiger partial charge in [-0.2, -0.15) is 5.10 Å². The van der Waals surface area contributed by atoms with E-state index in [9.17, 15) is 5.11 Å². The zero-order valence-electron chi connectivity index (χ0n) is 10.4. The summed E-state index contributed by atoms with van der Waals surface area (Å²) in [6.07, 6.45) is 5.96.